The number of esters is 1. The molecule has 0 amide bonds. The molecule has 0 radical (unpaired) electrons. The number of carbonyl (C=O) groups excluding carboxylic acids is 1. The van der Waals surface area contributed by atoms with Crippen molar-refractivity contribution in [1.29, 1.82) is 0 Å². The molecule has 0 N–H and O–H groups in total. The number of methoxy groups -OCH3 is 1. The normalized spacial score (nSPS) is 14.6. The van der Waals surface area contributed by atoms with Crippen LogP contribution in [0.25, 0.3) is 6.08 Å². The number of aliphatic imine (C=N–C) groups is 1. The largest absolute Gasteiger partial charge is 0.497 e. The highest BCUT2D eigenvalue weighted by molar-refractivity contribution is 14.1. The fourth-order valence-corrected chi connectivity index (χ4v) is 3.42. The Morgan fingerprint density at radius 1 is 1.11 bits per heavy atom. The van der Waals surface area contributed by atoms with E-state index in [9.17, 15) is 4.79 Å². The summed E-state index contributed by atoms with van der Waals surface area (Å²) in [6, 6.07) is 10.9. The Kier molecular flexibility index (Phi) is 6.56. The van der Waals surface area contributed by atoms with Crippen LogP contribution in [0.4, 0.5) is 0 Å². The lowest BCUT2D eigenvalue weighted by Crippen LogP contribution is -2.05. The van der Waals surface area contributed by atoms with Crippen molar-refractivity contribution in [2.45, 2.75) is 13.8 Å². The molecule has 0 atom stereocenters. The molecule has 1 aliphatic rings. The maximum absolute atomic E-state index is 12.3. The molecule has 0 bridgehead atoms. The minimum absolute atomic E-state index is 0.230. The van der Waals surface area contributed by atoms with Gasteiger partial charge in [0.15, 0.2) is 17.2 Å². The molecule has 1 aliphatic heterocycles. The van der Waals surface area contributed by atoms with Gasteiger partial charge in [0, 0.05) is 5.56 Å². The predicted molar refractivity (Wildman–Crippen MR) is 115 cm³/mol. The maximum atomic E-state index is 12.3. The molecule has 3 rings (SSSR count). The molecule has 0 saturated carbocycles. The Hall–Kier alpha value is -2.55. The Morgan fingerprint density at radius 2 is 1.82 bits per heavy atom. The second-order valence-corrected chi connectivity index (χ2v) is 6.92. The summed E-state index contributed by atoms with van der Waals surface area (Å²) >= 11 is 2.19. The van der Waals surface area contributed by atoms with Gasteiger partial charge in [-0.1, -0.05) is 0 Å². The van der Waals surface area contributed by atoms with Gasteiger partial charge in [-0.3, -0.25) is 0 Å². The van der Waals surface area contributed by atoms with Crippen molar-refractivity contribution in [3.05, 3.63) is 56.8 Å². The molecule has 0 aliphatic carbocycles. The van der Waals surface area contributed by atoms with E-state index in [1.807, 2.05) is 26.0 Å². The Labute approximate surface area is 177 Å². The van der Waals surface area contributed by atoms with Crippen molar-refractivity contribution < 1.29 is 23.7 Å². The van der Waals surface area contributed by atoms with Crippen LogP contribution >= 0.6 is 22.6 Å². The van der Waals surface area contributed by atoms with E-state index in [4.69, 9.17) is 18.9 Å². The number of halogens is 1. The Balaban J connectivity index is 1.93. The molecule has 1 heterocycles. The van der Waals surface area contributed by atoms with Gasteiger partial charge in [-0.25, -0.2) is 9.79 Å². The minimum Gasteiger partial charge on any atom is -0.497 e. The van der Waals surface area contributed by atoms with Gasteiger partial charge < -0.3 is 18.9 Å². The average molecular weight is 493 g/mol. The van der Waals surface area contributed by atoms with Crippen molar-refractivity contribution >= 4 is 40.5 Å². The predicted octanol–water partition coefficient (Wildman–Crippen LogP) is 4.44. The Morgan fingerprint density at radius 3 is 2.46 bits per heavy atom. The van der Waals surface area contributed by atoms with Gasteiger partial charge >= 0.3 is 5.97 Å². The molecule has 0 aromatic heterocycles. The van der Waals surface area contributed by atoms with E-state index in [0.717, 1.165) is 14.9 Å². The first-order chi connectivity index (χ1) is 13.5. The van der Waals surface area contributed by atoms with Gasteiger partial charge in [0.2, 0.25) is 5.90 Å². The summed E-state index contributed by atoms with van der Waals surface area (Å²) in [5.74, 6) is 1.83. The standard InChI is InChI=1S/C21H20INO5/c1-4-26-18-12-13(10-16(22)19(18)27-5-2)11-17-21(24)28-20(23-17)14-6-8-15(25-3)9-7-14/h6-12H,4-5H2,1-3H3/b17-11-. The van der Waals surface area contributed by atoms with E-state index in [1.165, 1.54) is 0 Å². The smallest absolute Gasteiger partial charge is 0.363 e. The van der Waals surface area contributed by atoms with E-state index in [2.05, 4.69) is 27.6 Å². The molecule has 7 heteroatoms. The van der Waals surface area contributed by atoms with Crippen LogP contribution in [0.3, 0.4) is 0 Å². The van der Waals surface area contributed by atoms with Crippen molar-refractivity contribution in [2.75, 3.05) is 20.3 Å². The van der Waals surface area contributed by atoms with E-state index in [0.29, 0.717) is 30.3 Å². The summed E-state index contributed by atoms with van der Waals surface area (Å²) in [5, 5.41) is 0. The fraction of sp³-hybridized carbons (Fsp3) is 0.238. The molecule has 2 aromatic rings. The fourth-order valence-electron chi connectivity index (χ4n) is 2.64. The molecule has 2 aromatic carbocycles. The summed E-state index contributed by atoms with van der Waals surface area (Å²) in [6.07, 6.45) is 1.68. The lowest BCUT2D eigenvalue weighted by molar-refractivity contribution is -0.129. The summed E-state index contributed by atoms with van der Waals surface area (Å²) in [5.41, 5.74) is 1.71. The number of cyclic esters (lactones) is 1. The van der Waals surface area contributed by atoms with E-state index in [-0.39, 0.29) is 11.6 Å². The number of ether oxygens (including phenoxy) is 4. The first-order valence-electron chi connectivity index (χ1n) is 8.81. The SMILES string of the molecule is CCOc1cc(/C=C2\N=C(c3ccc(OC)cc3)OC2=O)cc(I)c1OCC. The molecule has 0 fully saturated rings. The van der Waals surface area contributed by atoms with Crippen LogP contribution in [0.2, 0.25) is 0 Å². The van der Waals surface area contributed by atoms with E-state index >= 15 is 0 Å². The first kappa shape index (κ1) is 20.2. The van der Waals surface area contributed by atoms with Crippen LogP contribution in [-0.4, -0.2) is 32.2 Å². The number of rotatable bonds is 7. The van der Waals surface area contributed by atoms with Gasteiger partial charge in [-0.05, 0) is 84.5 Å². The monoisotopic (exact) mass is 493 g/mol. The highest BCUT2D eigenvalue weighted by atomic mass is 127. The van der Waals surface area contributed by atoms with Crippen LogP contribution in [0, 0.1) is 3.57 Å². The zero-order chi connectivity index (χ0) is 20.1. The Bertz CT molecular complexity index is 935. The van der Waals surface area contributed by atoms with Crippen LogP contribution in [0.1, 0.15) is 25.0 Å². The molecule has 146 valence electrons. The van der Waals surface area contributed by atoms with Crippen LogP contribution in [0.15, 0.2) is 47.1 Å². The van der Waals surface area contributed by atoms with Gasteiger partial charge in [-0.15, -0.1) is 0 Å². The van der Waals surface area contributed by atoms with Gasteiger partial charge in [0.25, 0.3) is 0 Å². The summed E-state index contributed by atoms with van der Waals surface area (Å²) in [7, 11) is 1.59. The topological polar surface area (TPSA) is 66.3 Å². The third-order valence-electron chi connectivity index (χ3n) is 3.88. The molecule has 28 heavy (non-hydrogen) atoms. The molecule has 0 unspecified atom stereocenters. The van der Waals surface area contributed by atoms with Crippen molar-refractivity contribution in [2.24, 2.45) is 4.99 Å². The molecule has 0 spiro atoms. The zero-order valence-electron chi connectivity index (χ0n) is 15.8. The van der Waals surface area contributed by atoms with Crippen LogP contribution in [-0.2, 0) is 9.53 Å². The van der Waals surface area contributed by atoms with Crippen molar-refractivity contribution in [3.63, 3.8) is 0 Å². The van der Waals surface area contributed by atoms with E-state index in [1.54, 1.807) is 37.5 Å². The number of carbonyl (C=O) groups is 1. The van der Waals surface area contributed by atoms with Gasteiger partial charge in [-0.2, -0.15) is 0 Å². The minimum atomic E-state index is -0.493. The molecular formula is C21H20INO5. The second kappa shape index (κ2) is 9.09. The van der Waals surface area contributed by atoms with Crippen molar-refractivity contribution in [1.82, 2.24) is 0 Å². The number of hydrogen-bond donors (Lipinski definition) is 0. The highest BCUT2D eigenvalue weighted by Crippen LogP contribution is 2.35. The van der Waals surface area contributed by atoms with Crippen LogP contribution < -0.4 is 14.2 Å². The third kappa shape index (κ3) is 4.46. The highest BCUT2D eigenvalue weighted by Gasteiger charge is 2.24. The quantitative estimate of drug-likeness (QED) is 0.324. The lowest BCUT2D eigenvalue weighted by Gasteiger charge is -2.13. The molecule has 6 nitrogen and oxygen atoms in total. The first-order valence-corrected chi connectivity index (χ1v) is 9.89. The zero-order valence-corrected chi connectivity index (χ0v) is 18.0. The van der Waals surface area contributed by atoms with Crippen molar-refractivity contribution in [3.8, 4) is 17.2 Å². The van der Waals surface area contributed by atoms with Gasteiger partial charge in [0.1, 0.15) is 5.75 Å². The lowest BCUT2D eigenvalue weighted by atomic mass is 10.1. The number of nitrogens with zero attached hydrogens (tertiary/aromatic N) is 1. The summed E-state index contributed by atoms with van der Waals surface area (Å²) in [4.78, 5) is 16.6. The summed E-state index contributed by atoms with van der Waals surface area (Å²) < 4.78 is 22.7. The molecular weight excluding hydrogens is 473 g/mol. The van der Waals surface area contributed by atoms with Gasteiger partial charge in [0.05, 0.1) is 23.9 Å². The third-order valence-corrected chi connectivity index (χ3v) is 4.68. The number of benzene rings is 2. The summed E-state index contributed by atoms with van der Waals surface area (Å²) in [6.45, 7) is 4.88. The number of hydrogen-bond acceptors (Lipinski definition) is 6. The van der Waals surface area contributed by atoms with Crippen LogP contribution in [0.5, 0.6) is 17.2 Å². The average Bonchev–Trinajstić information content (AvgIpc) is 3.05. The maximum Gasteiger partial charge on any atom is 0.363 e. The molecule has 0 saturated heterocycles. The van der Waals surface area contributed by atoms with E-state index < -0.39 is 5.97 Å². The second-order valence-electron chi connectivity index (χ2n) is 5.76.